The summed E-state index contributed by atoms with van der Waals surface area (Å²) in [7, 11) is 4.14. The molecule has 0 spiro atoms. The third-order valence-corrected chi connectivity index (χ3v) is 4.51. The van der Waals surface area contributed by atoms with Crippen LogP contribution in [0.25, 0.3) is 0 Å². The van der Waals surface area contributed by atoms with Gasteiger partial charge in [0, 0.05) is 25.2 Å². The summed E-state index contributed by atoms with van der Waals surface area (Å²) in [5, 5.41) is 4.53. The Hall–Kier alpha value is -0.890. The maximum absolute atomic E-state index is 6.15. The molecule has 1 unspecified atom stereocenters. The monoisotopic (exact) mass is 280 g/mol. The van der Waals surface area contributed by atoms with Gasteiger partial charge in [0.15, 0.2) is 0 Å². The Balaban J connectivity index is 2.24. The van der Waals surface area contributed by atoms with Crippen LogP contribution in [0.1, 0.15) is 39.5 Å². The number of benzene rings is 1. The quantitative estimate of drug-likeness (QED) is 0.857. The van der Waals surface area contributed by atoms with Gasteiger partial charge >= 0.3 is 0 Å². The smallest absolute Gasteiger partial charge is 0.0597 e. The molecule has 2 rings (SSSR count). The van der Waals surface area contributed by atoms with Crippen LogP contribution in [-0.2, 0) is 0 Å². The number of anilines is 2. The number of halogens is 1. The first-order valence-electron chi connectivity index (χ1n) is 7.13. The second-order valence-electron chi connectivity index (χ2n) is 6.49. The zero-order chi connectivity index (χ0) is 14.0. The van der Waals surface area contributed by atoms with Gasteiger partial charge in [-0.3, -0.25) is 0 Å². The number of hydrogen-bond acceptors (Lipinski definition) is 2. The standard InChI is InChI=1S/C16H25ClN2/c1-16(2)10-6-5-7-15(16)18-13-11-12(17)8-9-14(13)19(3)4/h8-9,11,15,18H,5-7,10H2,1-4H3. The molecule has 19 heavy (non-hydrogen) atoms. The van der Waals surface area contributed by atoms with Crippen molar-refractivity contribution < 1.29 is 0 Å². The zero-order valence-corrected chi connectivity index (χ0v) is 13.2. The minimum Gasteiger partial charge on any atom is -0.380 e. The summed E-state index contributed by atoms with van der Waals surface area (Å²) >= 11 is 6.15. The van der Waals surface area contributed by atoms with Gasteiger partial charge in [-0.15, -0.1) is 0 Å². The fourth-order valence-electron chi connectivity index (χ4n) is 2.96. The van der Waals surface area contributed by atoms with E-state index in [1.54, 1.807) is 0 Å². The van der Waals surface area contributed by atoms with Crippen molar-refractivity contribution in [3.63, 3.8) is 0 Å². The molecule has 1 saturated carbocycles. The van der Waals surface area contributed by atoms with E-state index in [-0.39, 0.29) is 0 Å². The van der Waals surface area contributed by atoms with Gasteiger partial charge in [-0.1, -0.05) is 38.3 Å². The highest BCUT2D eigenvalue weighted by Crippen LogP contribution is 2.39. The molecule has 0 aromatic heterocycles. The molecule has 1 aromatic carbocycles. The van der Waals surface area contributed by atoms with Crippen molar-refractivity contribution in [3.8, 4) is 0 Å². The summed E-state index contributed by atoms with van der Waals surface area (Å²) in [6, 6.07) is 6.61. The molecule has 0 saturated heterocycles. The number of hydrogen-bond donors (Lipinski definition) is 1. The third kappa shape index (κ3) is 3.36. The molecule has 0 amide bonds. The lowest BCUT2D eigenvalue weighted by Gasteiger charge is -2.40. The first kappa shape index (κ1) is 14.5. The Morgan fingerprint density at radius 2 is 2.00 bits per heavy atom. The van der Waals surface area contributed by atoms with Gasteiger partial charge < -0.3 is 10.2 Å². The van der Waals surface area contributed by atoms with Gasteiger partial charge in [-0.05, 0) is 36.5 Å². The van der Waals surface area contributed by atoms with Crippen LogP contribution in [0.3, 0.4) is 0 Å². The Labute approximate surface area is 122 Å². The summed E-state index contributed by atoms with van der Waals surface area (Å²) in [4.78, 5) is 2.13. The summed E-state index contributed by atoms with van der Waals surface area (Å²) < 4.78 is 0. The molecule has 0 aliphatic heterocycles. The van der Waals surface area contributed by atoms with Gasteiger partial charge in [0.2, 0.25) is 0 Å². The van der Waals surface area contributed by atoms with Crippen LogP contribution in [0.5, 0.6) is 0 Å². The first-order valence-corrected chi connectivity index (χ1v) is 7.51. The molecule has 1 aromatic rings. The van der Waals surface area contributed by atoms with E-state index in [1.807, 2.05) is 12.1 Å². The topological polar surface area (TPSA) is 15.3 Å². The number of nitrogens with one attached hydrogen (secondary N) is 1. The van der Waals surface area contributed by atoms with Crippen molar-refractivity contribution in [3.05, 3.63) is 23.2 Å². The lowest BCUT2D eigenvalue weighted by Crippen LogP contribution is -2.39. The van der Waals surface area contributed by atoms with Crippen molar-refractivity contribution >= 4 is 23.0 Å². The fourth-order valence-corrected chi connectivity index (χ4v) is 3.14. The van der Waals surface area contributed by atoms with E-state index >= 15 is 0 Å². The Morgan fingerprint density at radius 3 is 2.63 bits per heavy atom. The van der Waals surface area contributed by atoms with Crippen molar-refractivity contribution in [2.24, 2.45) is 5.41 Å². The zero-order valence-electron chi connectivity index (χ0n) is 12.5. The molecule has 0 radical (unpaired) electrons. The summed E-state index contributed by atoms with van der Waals surface area (Å²) in [5.74, 6) is 0. The summed E-state index contributed by atoms with van der Waals surface area (Å²) in [5.41, 5.74) is 2.70. The second kappa shape index (κ2) is 5.62. The molecule has 1 aliphatic rings. The van der Waals surface area contributed by atoms with Gasteiger partial charge in [-0.25, -0.2) is 0 Å². The van der Waals surface area contributed by atoms with Gasteiger partial charge in [0.1, 0.15) is 0 Å². The number of rotatable bonds is 3. The van der Waals surface area contributed by atoms with Crippen LogP contribution >= 0.6 is 11.6 Å². The molecular weight excluding hydrogens is 256 g/mol. The lowest BCUT2D eigenvalue weighted by atomic mass is 9.73. The van der Waals surface area contributed by atoms with Crippen molar-refractivity contribution in [1.82, 2.24) is 0 Å². The van der Waals surface area contributed by atoms with Crippen LogP contribution in [0.15, 0.2) is 18.2 Å². The van der Waals surface area contributed by atoms with Gasteiger partial charge in [0.25, 0.3) is 0 Å². The van der Waals surface area contributed by atoms with Crippen molar-refractivity contribution in [2.75, 3.05) is 24.3 Å². The molecule has 0 heterocycles. The maximum Gasteiger partial charge on any atom is 0.0597 e. The van der Waals surface area contributed by atoms with E-state index in [0.717, 1.165) is 10.7 Å². The van der Waals surface area contributed by atoms with Crippen molar-refractivity contribution in [2.45, 2.75) is 45.6 Å². The highest BCUT2D eigenvalue weighted by Gasteiger charge is 2.32. The van der Waals surface area contributed by atoms with E-state index in [9.17, 15) is 0 Å². The maximum atomic E-state index is 6.15. The van der Waals surface area contributed by atoms with E-state index in [0.29, 0.717) is 11.5 Å². The predicted octanol–water partition coefficient (Wildman–Crippen LogP) is 4.79. The first-order chi connectivity index (χ1) is 8.90. The fraction of sp³-hybridized carbons (Fsp3) is 0.625. The Bertz CT molecular complexity index is 440. The van der Waals surface area contributed by atoms with Gasteiger partial charge in [-0.2, -0.15) is 0 Å². The van der Waals surface area contributed by atoms with E-state index < -0.39 is 0 Å². The Morgan fingerprint density at radius 1 is 1.26 bits per heavy atom. The lowest BCUT2D eigenvalue weighted by molar-refractivity contribution is 0.217. The summed E-state index contributed by atoms with van der Waals surface area (Å²) in [6.07, 6.45) is 5.20. The van der Waals surface area contributed by atoms with Crippen LogP contribution in [0, 0.1) is 5.41 Å². The number of nitrogens with zero attached hydrogens (tertiary/aromatic N) is 1. The predicted molar refractivity (Wildman–Crippen MR) is 85.4 cm³/mol. The normalized spacial score (nSPS) is 22.1. The third-order valence-electron chi connectivity index (χ3n) is 4.28. The van der Waals surface area contributed by atoms with E-state index in [2.05, 4.69) is 44.2 Å². The van der Waals surface area contributed by atoms with Crippen LogP contribution in [0.4, 0.5) is 11.4 Å². The van der Waals surface area contributed by atoms with E-state index in [1.165, 1.54) is 31.4 Å². The molecule has 0 bridgehead atoms. The highest BCUT2D eigenvalue weighted by molar-refractivity contribution is 6.31. The summed E-state index contributed by atoms with van der Waals surface area (Å²) in [6.45, 7) is 4.73. The van der Waals surface area contributed by atoms with Crippen molar-refractivity contribution in [1.29, 1.82) is 0 Å². The molecule has 1 atom stereocenters. The van der Waals surface area contributed by atoms with Crippen LogP contribution < -0.4 is 10.2 Å². The largest absolute Gasteiger partial charge is 0.380 e. The molecule has 106 valence electrons. The van der Waals surface area contributed by atoms with Crippen LogP contribution in [0.2, 0.25) is 5.02 Å². The Kier molecular flexibility index (Phi) is 4.29. The molecular formula is C16H25ClN2. The molecule has 1 fully saturated rings. The minimum absolute atomic E-state index is 0.351. The molecule has 3 heteroatoms. The second-order valence-corrected chi connectivity index (χ2v) is 6.92. The van der Waals surface area contributed by atoms with Crippen LogP contribution in [-0.4, -0.2) is 20.1 Å². The average Bonchev–Trinajstić information content (AvgIpc) is 2.31. The molecule has 1 N–H and O–H groups in total. The SMILES string of the molecule is CN(C)c1ccc(Cl)cc1NC1CCCCC1(C)C. The highest BCUT2D eigenvalue weighted by atomic mass is 35.5. The minimum atomic E-state index is 0.351. The van der Waals surface area contributed by atoms with E-state index in [4.69, 9.17) is 11.6 Å². The molecule has 2 nitrogen and oxygen atoms in total. The molecule has 1 aliphatic carbocycles. The average molecular weight is 281 g/mol. The van der Waals surface area contributed by atoms with Gasteiger partial charge in [0.05, 0.1) is 11.4 Å².